The van der Waals surface area contributed by atoms with Crippen LogP contribution in [0.25, 0.3) is 11.3 Å². The van der Waals surface area contributed by atoms with E-state index in [2.05, 4.69) is 27.2 Å². The molecule has 5 N–H and O–H groups in total. The summed E-state index contributed by atoms with van der Waals surface area (Å²) in [6.07, 6.45) is 3.40. The molecule has 0 amide bonds. The molecule has 21 heavy (non-hydrogen) atoms. The number of nitrogens with one attached hydrogen (secondary N) is 3. The zero-order chi connectivity index (χ0) is 15.1. The number of nitrogens with zero attached hydrogens (tertiary/aromatic N) is 2. The van der Waals surface area contributed by atoms with Crippen LogP contribution in [0.1, 0.15) is 0 Å². The van der Waals surface area contributed by atoms with Gasteiger partial charge in [0.2, 0.25) is 0 Å². The van der Waals surface area contributed by atoms with Crippen molar-refractivity contribution in [2.24, 2.45) is 10.7 Å². The van der Waals surface area contributed by atoms with Gasteiger partial charge in [0.25, 0.3) is 0 Å². The molecule has 1 aromatic carbocycles. The van der Waals surface area contributed by atoms with Crippen molar-refractivity contribution in [1.82, 2.24) is 10.3 Å². The van der Waals surface area contributed by atoms with Crippen LogP contribution in [0.5, 0.6) is 0 Å². The van der Waals surface area contributed by atoms with Crippen LogP contribution in [0.3, 0.4) is 0 Å². The number of nitrogens with two attached hydrogens (primary N) is 1. The van der Waals surface area contributed by atoms with Crippen molar-refractivity contribution in [2.45, 2.75) is 0 Å². The number of hydrogen-bond donors (Lipinski definition) is 4. The third-order valence-electron chi connectivity index (χ3n) is 2.48. The Bertz CT molecular complexity index is 661. The zero-order valence-electron chi connectivity index (χ0n) is 11.3. The first-order valence-corrected chi connectivity index (χ1v) is 7.11. The van der Waals surface area contributed by atoms with E-state index in [4.69, 9.17) is 11.1 Å². The summed E-state index contributed by atoms with van der Waals surface area (Å²) in [6, 6.07) is 7.72. The molecule has 1 heterocycles. The molecular formula is C14H16N6S. The van der Waals surface area contributed by atoms with E-state index >= 15 is 0 Å². The first-order chi connectivity index (χ1) is 10.2. The summed E-state index contributed by atoms with van der Waals surface area (Å²) >= 11 is 1.39. The highest BCUT2D eigenvalue weighted by atomic mass is 32.1. The molecule has 0 aliphatic heterocycles. The first-order valence-electron chi connectivity index (χ1n) is 6.23. The summed E-state index contributed by atoms with van der Waals surface area (Å²) in [4.78, 5) is 8.79. The third kappa shape index (κ3) is 4.15. The minimum atomic E-state index is -0.129. The van der Waals surface area contributed by atoms with Gasteiger partial charge in [-0.25, -0.2) is 9.98 Å². The molecule has 7 heteroatoms. The second kappa shape index (κ2) is 7.20. The van der Waals surface area contributed by atoms with Gasteiger partial charge < -0.3 is 16.4 Å². The van der Waals surface area contributed by atoms with Crippen molar-refractivity contribution in [3.05, 3.63) is 42.3 Å². The molecule has 2 rings (SSSR count). The van der Waals surface area contributed by atoms with Gasteiger partial charge in [0.15, 0.2) is 11.1 Å². The van der Waals surface area contributed by atoms with Crippen LogP contribution in [-0.2, 0) is 0 Å². The fourth-order valence-electron chi connectivity index (χ4n) is 1.62. The Morgan fingerprint density at radius 2 is 2.29 bits per heavy atom. The number of rotatable bonds is 6. The van der Waals surface area contributed by atoms with Crippen LogP contribution < -0.4 is 16.4 Å². The summed E-state index contributed by atoms with van der Waals surface area (Å²) in [5.74, 6) is -0.129. The Balaban J connectivity index is 2.22. The molecule has 0 unspecified atom stereocenters. The number of thiazole rings is 1. The van der Waals surface area contributed by atoms with Gasteiger partial charge in [0, 0.05) is 17.5 Å². The van der Waals surface area contributed by atoms with Crippen LogP contribution in [-0.4, -0.2) is 23.8 Å². The maximum atomic E-state index is 7.21. The van der Waals surface area contributed by atoms with Gasteiger partial charge in [-0.05, 0) is 6.07 Å². The van der Waals surface area contributed by atoms with Crippen molar-refractivity contribution < 1.29 is 0 Å². The van der Waals surface area contributed by atoms with Crippen molar-refractivity contribution in [3.8, 4) is 11.3 Å². The largest absolute Gasteiger partial charge is 0.373 e. The lowest BCUT2D eigenvalue weighted by molar-refractivity contribution is 1.07. The van der Waals surface area contributed by atoms with Crippen molar-refractivity contribution >= 4 is 34.5 Å². The highest BCUT2D eigenvalue weighted by Gasteiger charge is 2.08. The van der Waals surface area contributed by atoms with Crippen LogP contribution in [0, 0.1) is 5.41 Å². The average molecular weight is 300 g/mol. The smallest absolute Gasteiger partial charge is 0.192 e. The number of guanidine groups is 1. The second-order valence-electron chi connectivity index (χ2n) is 4.05. The van der Waals surface area contributed by atoms with E-state index < -0.39 is 0 Å². The van der Waals surface area contributed by atoms with Crippen molar-refractivity contribution in [1.29, 1.82) is 5.41 Å². The van der Waals surface area contributed by atoms with Crippen LogP contribution in [0.4, 0.5) is 10.8 Å². The lowest BCUT2D eigenvalue weighted by atomic mass is 10.1. The van der Waals surface area contributed by atoms with E-state index in [-0.39, 0.29) is 5.96 Å². The third-order valence-corrected chi connectivity index (χ3v) is 3.24. The number of anilines is 1. The predicted octanol–water partition coefficient (Wildman–Crippen LogP) is 2.55. The molecule has 108 valence electrons. The minimum absolute atomic E-state index is 0.129. The van der Waals surface area contributed by atoms with E-state index in [1.807, 2.05) is 29.6 Å². The van der Waals surface area contributed by atoms with E-state index in [1.165, 1.54) is 11.3 Å². The zero-order valence-corrected chi connectivity index (χ0v) is 12.2. The van der Waals surface area contributed by atoms with Crippen molar-refractivity contribution in [3.63, 3.8) is 0 Å². The molecule has 0 saturated heterocycles. The Hall–Kier alpha value is -2.67. The maximum absolute atomic E-state index is 7.21. The summed E-state index contributed by atoms with van der Waals surface area (Å²) in [6.45, 7) is 4.29. The molecule has 0 saturated carbocycles. The molecule has 2 aromatic rings. The molecule has 0 bridgehead atoms. The fourth-order valence-corrected chi connectivity index (χ4v) is 2.35. The molecule has 0 spiro atoms. The molecule has 0 atom stereocenters. The Kier molecular flexibility index (Phi) is 5.05. The quantitative estimate of drug-likeness (QED) is 0.285. The second-order valence-corrected chi connectivity index (χ2v) is 4.91. The predicted molar refractivity (Wildman–Crippen MR) is 89.4 cm³/mol. The number of para-hydroxylation sites is 1. The van der Waals surface area contributed by atoms with Crippen LogP contribution in [0.2, 0.25) is 0 Å². The van der Waals surface area contributed by atoms with Gasteiger partial charge in [0.05, 0.1) is 17.7 Å². The lowest BCUT2D eigenvalue weighted by Gasteiger charge is -2.02. The molecule has 0 radical (unpaired) electrons. The topological polar surface area (TPSA) is 99.2 Å². The summed E-state index contributed by atoms with van der Waals surface area (Å²) in [5, 5.41) is 15.4. The van der Waals surface area contributed by atoms with Gasteiger partial charge >= 0.3 is 0 Å². The Labute approximate surface area is 127 Å². The summed E-state index contributed by atoms with van der Waals surface area (Å²) in [7, 11) is 0. The minimum Gasteiger partial charge on any atom is -0.373 e. The lowest BCUT2D eigenvalue weighted by Crippen LogP contribution is -2.20. The maximum Gasteiger partial charge on any atom is 0.192 e. The molecular weight excluding hydrogens is 284 g/mol. The highest BCUT2D eigenvalue weighted by Crippen LogP contribution is 2.31. The number of hydrogen-bond acceptors (Lipinski definition) is 4. The number of benzene rings is 1. The SMILES string of the molecule is C=CCN/C=N/c1ccccc1-c1csc(NC(=N)N)n1. The molecule has 0 fully saturated rings. The van der Waals surface area contributed by atoms with E-state index in [1.54, 1.807) is 12.4 Å². The molecule has 0 aliphatic carbocycles. The summed E-state index contributed by atoms with van der Waals surface area (Å²) < 4.78 is 0. The standard InChI is InChI=1S/C14H16N6S/c1-2-7-17-9-18-11-6-4-3-5-10(11)12-8-21-14(19-12)20-13(15)16/h2-6,8-9H,1,7H2,(H,17,18)(H4,15,16,19,20). The van der Waals surface area contributed by atoms with Gasteiger partial charge in [-0.2, -0.15) is 0 Å². The Morgan fingerprint density at radius 3 is 3.05 bits per heavy atom. The monoisotopic (exact) mass is 300 g/mol. The van der Waals surface area contributed by atoms with Crippen LogP contribution in [0.15, 0.2) is 47.3 Å². The van der Waals surface area contributed by atoms with Gasteiger partial charge in [-0.3, -0.25) is 5.41 Å². The molecule has 0 aliphatic rings. The van der Waals surface area contributed by atoms with E-state index in [0.717, 1.165) is 16.9 Å². The van der Waals surface area contributed by atoms with Gasteiger partial charge in [-0.15, -0.1) is 17.9 Å². The fraction of sp³-hybridized carbons (Fsp3) is 0.0714. The molecule has 1 aromatic heterocycles. The number of aromatic nitrogens is 1. The Morgan fingerprint density at radius 1 is 1.48 bits per heavy atom. The van der Waals surface area contributed by atoms with Crippen LogP contribution >= 0.6 is 11.3 Å². The number of aliphatic imine (C=N–C) groups is 1. The average Bonchev–Trinajstić information content (AvgIpc) is 2.91. The van der Waals surface area contributed by atoms with E-state index in [9.17, 15) is 0 Å². The van der Waals surface area contributed by atoms with Crippen molar-refractivity contribution in [2.75, 3.05) is 11.9 Å². The first kappa shape index (κ1) is 14.7. The summed E-state index contributed by atoms with van der Waals surface area (Å²) in [5.41, 5.74) is 7.82. The highest BCUT2D eigenvalue weighted by molar-refractivity contribution is 7.14. The molecule has 6 nitrogen and oxygen atoms in total. The van der Waals surface area contributed by atoms with E-state index in [0.29, 0.717) is 11.7 Å². The van der Waals surface area contributed by atoms with Gasteiger partial charge in [0.1, 0.15) is 0 Å². The van der Waals surface area contributed by atoms with Gasteiger partial charge in [-0.1, -0.05) is 24.3 Å². The normalized spacial score (nSPS) is 10.5.